The summed E-state index contributed by atoms with van der Waals surface area (Å²) in [5.41, 5.74) is 0.980. The SMILES string of the molecule is [c]1ccc(-c2ncco2)cc1. The molecule has 0 N–H and O–H groups in total. The molecule has 1 radical (unpaired) electrons. The van der Waals surface area contributed by atoms with Gasteiger partial charge in [-0.15, -0.1) is 0 Å². The van der Waals surface area contributed by atoms with Crippen LogP contribution in [0.4, 0.5) is 0 Å². The maximum atomic E-state index is 5.09. The van der Waals surface area contributed by atoms with Gasteiger partial charge in [-0.25, -0.2) is 4.98 Å². The van der Waals surface area contributed by atoms with Crippen LogP contribution in [-0.4, -0.2) is 4.98 Å². The molecule has 53 valence electrons. The Bertz CT molecular complexity index is 313. The van der Waals surface area contributed by atoms with Gasteiger partial charge in [-0.05, 0) is 18.2 Å². The molecule has 0 spiro atoms. The molecule has 0 amide bonds. The summed E-state index contributed by atoms with van der Waals surface area (Å²) < 4.78 is 5.09. The number of nitrogens with zero attached hydrogens (tertiary/aromatic N) is 1. The van der Waals surface area contributed by atoms with Crippen LogP contribution >= 0.6 is 0 Å². The molecule has 0 aliphatic rings. The van der Waals surface area contributed by atoms with Crippen LogP contribution in [0, 0.1) is 6.07 Å². The van der Waals surface area contributed by atoms with E-state index in [1.165, 1.54) is 0 Å². The van der Waals surface area contributed by atoms with E-state index in [1.807, 2.05) is 24.3 Å². The second-order valence-corrected chi connectivity index (χ2v) is 2.13. The summed E-state index contributed by atoms with van der Waals surface area (Å²) in [6.45, 7) is 0. The molecule has 0 saturated carbocycles. The van der Waals surface area contributed by atoms with Crippen molar-refractivity contribution in [2.75, 3.05) is 0 Å². The van der Waals surface area contributed by atoms with E-state index < -0.39 is 0 Å². The highest BCUT2D eigenvalue weighted by Crippen LogP contribution is 2.14. The van der Waals surface area contributed by atoms with Gasteiger partial charge in [-0.2, -0.15) is 0 Å². The van der Waals surface area contributed by atoms with Crippen molar-refractivity contribution in [3.8, 4) is 11.5 Å². The van der Waals surface area contributed by atoms with Crippen LogP contribution in [-0.2, 0) is 0 Å². The lowest BCUT2D eigenvalue weighted by Crippen LogP contribution is -1.73. The van der Waals surface area contributed by atoms with Gasteiger partial charge in [0, 0.05) is 5.56 Å². The molecular weight excluding hydrogens is 138 g/mol. The quantitative estimate of drug-likeness (QED) is 0.612. The van der Waals surface area contributed by atoms with Crippen LogP contribution in [0.5, 0.6) is 0 Å². The third-order valence-electron chi connectivity index (χ3n) is 1.40. The van der Waals surface area contributed by atoms with Crippen molar-refractivity contribution in [1.82, 2.24) is 4.98 Å². The van der Waals surface area contributed by atoms with Crippen LogP contribution in [0.25, 0.3) is 11.5 Å². The molecule has 11 heavy (non-hydrogen) atoms. The third-order valence-corrected chi connectivity index (χ3v) is 1.40. The Labute approximate surface area is 64.5 Å². The highest BCUT2D eigenvalue weighted by atomic mass is 16.3. The molecule has 2 aromatic rings. The second-order valence-electron chi connectivity index (χ2n) is 2.13. The zero-order chi connectivity index (χ0) is 7.52. The fraction of sp³-hybridized carbons (Fsp3) is 0. The van der Waals surface area contributed by atoms with Crippen molar-refractivity contribution in [2.24, 2.45) is 0 Å². The van der Waals surface area contributed by atoms with E-state index in [9.17, 15) is 0 Å². The first kappa shape index (κ1) is 6.16. The van der Waals surface area contributed by atoms with Gasteiger partial charge in [0.05, 0.1) is 6.20 Å². The molecule has 1 heterocycles. The highest BCUT2D eigenvalue weighted by molar-refractivity contribution is 5.51. The van der Waals surface area contributed by atoms with Crippen molar-refractivity contribution < 1.29 is 4.42 Å². The Morgan fingerprint density at radius 3 is 2.73 bits per heavy atom. The first-order chi connectivity index (χ1) is 5.47. The third kappa shape index (κ3) is 1.15. The van der Waals surface area contributed by atoms with Crippen LogP contribution in [0.1, 0.15) is 0 Å². The Hall–Kier alpha value is -1.57. The summed E-state index contributed by atoms with van der Waals surface area (Å²) in [6.07, 6.45) is 3.19. The van der Waals surface area contributed by atoms with E-state index >= 15 is 0 Å². The monoisotopic (exact) mass is 144 g/mol. The number of rotatable bonds is 1. The van der Waals surface area contributed by atoms with E-state index in [1.54, 1.807) is 12.5 Å². The first-order valence-electron chi connectivity index (χ1n) is 3.33. The largest absolute Gasteiger partial charge is 0.445 e. The molecule has 1 aromatic carbocycles. The Balaban J connectivity index is 2.46. The van der Waals surface area contributed by atoms with Crippen molar-refractivity contribution in [3.05, 3.63) is 42.8 Å². The van der Waals surface area contributed by atoms with Crippen LogP contribution < -0.4 is 0 Å². The molecule has 0 unspecified atom stereocenters. The predicted octanol–water partition coefficient (Wildman–Crippen LogP) is 2.14. The lowest BCUT2D eigenvalue weighted by Gasteiger charge is -1.90. The van der Waals surface area contributed by atoms with Gasteiger partial charge in [-0.3, -0.25) is 0 Å². The number of benzene rings is 1. The van der Waals surface area contributed by atoms with Gasteiger partial charge in [0.2, 0.25) is 5.89 Å². The molecule has 2 nitrogen and oxygen atoms in total. The number of aromatic nitrogens is 1. The van der Waals surface area contributed by atoms with Crippen LogP contribution in [0.15, 0.2) is 41.1 Å². The Morgan fingerprint density at radius 1 is 1.27 bits per heavy atom. The minimum atomic E-state index is 0.652. The second kappa shape index (κ2) is 2.58. The van der Waals surface area contributed by atoms with Crippen molar-refractivity contribution >= 4 is 0 Å². The maximum Gasteiger partial charge on any atom is 0.225 e. The van der Waals surface area contributed by atoms with Crippen molar-refractivity contribution in [3.63, 3.8) is 0 Å². The molecule has 2 rings (SSSR count). The molecule has 0 saturated heterocycles. The van der Waals surface area contributed by atoms with Gasteiger partial charge in [0.25, 0.3) is 0 Å². The van der Waals surface area contributed by atoms with Crippen LogP contribution in [0.2, 0.25) is 0 Å². The number of oxazole rings is 1. The summed E-state index contributed by atoms with van der Waals surface area (Å²) >= 11 is 0. The average molecular weight is 144 g/mol. The molecule has 2 heteroatoms. The van der Waals surface area contributed by atoms with E-state index in [0.29, 0.717) is 5.89 Å². The summed E-state index contributed by atoms with van der Waals surface area (Å²) in [5, 5.41) is 0. The zero-order valence-electron chi connectivity index (χ0n) is 5.82. The predicted molar refractivity (Wildman–Crippen MR) is 40.8 cm³/mol. The van der Waals surface area contributed by atoms with E-state index in [2.05, 4.69) is 11.1 Å². The first-order valence-corrected chi connectivity index (χ1v) is 3.33. The average Bonchev–Trinajstić information content (AvgIpc) is 2.58. The van der Waals surface area contributed by atoms with Gasteiger partial charge < -0.3 is 4.42 Å². The molecule has 0 bridgehead atoms. The Kier molecular flexibility index (Phi) is 1.44. The highest BCUT2D eigenvalue weighted by Gasteiger charge is 1.98. The van der Waals surface area contributed by atoms with E-state index in [0.717, 1.165) is 5.56 Å². The molecule has 0 aliphatic carbocycles. The fourth-order valence-corrected chi connectivity index (χ4v) is 0.895. The lowest BCUT2D eigenvalue weighted by atomic mass is 10.2. The molecule has 0 fully saturated rings. The van der Waals surface area contributed by atoms with Gasteiger partial charge in [-0.1, -0.05) is 12.1 Å². The number of hydrogen-bond acceptors (Lipinski definition) is 2. The Morgan fingerprint density at radius 2 is 2.09 bits per heavy atom. The standard InChI is InChI=1S/C9H6NO/c1-2-4-8(5-3-1)9-10-6-7-11-9/h2-7H. The van der Waals surface area contributed by atoms with Crippen molar-refractivity contribution in [2.45, 2.75) is 0 Å². The van der Waals surface area contributed by atoms with E-state index in [-0.39, 0.29) is 0 Å². The lowest BCUT2D eigenvalue weighted by molar-refractivity contribution is 0.574. The van der Waals surface area contributed by atoms with E-state index in [4.69, 9.17) is 4.42 Å². The summed E-state index contributed by atoms with van der Waals surface area (Å²) in [7, 11) is 0. The smallest absolute Gasteiger partial charge is 0.225 e. The maximum absolute atomic E-state index is 5.09. The normalized spacial score (nSPS) is 9.82. The van der Waals surface area contributed by atoms with Crippen molar-refractivity contribution in [1.29, 1.82) is 0 Å². The van der Waals surface area contributed by atoms with Crippen LogP contribution in [0.3, 0.4) is 0 Å². The minimum Gasteiger partial charge on any atom is -0.445 e. The van der Waals surface area contributed by atoms with Gasteiger partial charge >= 0.3 is 0 Å². The fourth-order valence-electron chi connectivity index (χ4n) is 0.895. The topological polar surface area (TPSA) is 26.0 Å². The molecule has 1 aromatic heterocycles. The minimum absolute atomic E-state index is 0.652. The van der Waals surface area contributed by atoms with Gasteiger partial charge in [0.1, 0.15) is 6.26 Å². The zero-order valence-corrected chi connectivity index (χ0v) is 5.82. The summed E-state index contributed by atoms with van der Waals surface area (Å²) in [4.78, 5) is 4.01. The molecule has 0 aliphatic heterocycles. The summed E-state index contributed by atoms with van der Waals surface area (Å²) in [6, 6.07) is 10.4. The molecular formula is C9H6NO. The summed E-state index contributed by atoms with van der Waals surface area (Å²) in [5.74, 6) is 0.652. The van der Waals surface area contributed by atoms with Gasteiger partial charge in [0.15, 0.2) is 0 Å². The number of hydrogen-bond donors (Lipinski definition) is 0. The molecule has 0 atom stereocenters.